The molecule has 0 saturated heterocycles. The molecule has 1 heterocycles. The molecular weight excluding hydrogens is 358 g/mol. The Bertz CT molecular complexity index is 1020. The number of carbonyl (C=O) groups is 1. The van der Waals surface area contributed by atoms with Crippen molar-refractivity contribution in [1.29, 1.82) is 0 Å². The number of pyridine rings is 1. The van der Waals surface area contributed by atoms with E-state index >= 15 is 0 Å². The summed E-state index contributed by atoms with van der Waals surface area (Å²) in [5.41, 5.74) is 6.76. The lowest BCUT2D eigenvalue weighted by Crippen LogP contribution is -2.19. The van der Waals surface area contributed by atoms with Gasteiger partial charge in [-0.05, 0) is 52.6 Å². The molecule has 3 heteroatoms. The first-order valence-corrected chi connectivity index (χ1v) is 10.5. The van der Waals surface area contributed by atoms with Crippen LogP contribution >= 0.6 is 0 Å². The molecule has 3 nitrogen and oxygen atoms in total. The van der Waals surface area contributed by atoms with Crippen LogP contribution in [-0.4, -0.2) is 18.1 Å². The predicted molar refractivity (Wildman–Crippen MR) is 120 cm³/mol. The van der Waals surface area contributed by atoms with E-state index in [4.69, 9.17) is 4.74 Å². The van der Waals surface area contributed by atoms with Gasteiger partial charge in [0.2, 0.25) is 0 Å². The Kier molecular flexibility index (Phi) is 6.36. The fraction of sp³-hybridized carbons (Fsp3) is 0.385. The number of aryl methyl sites for hydroxylation is 1. The first kappa shape index (κ1) is 21.0. The van der Waals surface area contributed by atoms with Crippen molar-refractivity contribution in [2.75, 3.05) is 7.11 Å². The Hall–Kier alpha value is -2.68. The zero-order valence-electron chi connectivity index (χ0n) is 18.2. The van der Waals surface area contributed by atoms with E-state index in [1.54, 1.807) is 6.20 Å². The minimum absolute atomic E-state index is 0.190. The number of carbonyl (C=O) groups excluding carboxylic acids is 1. The summed E-state index contributed by atoms with van der Waals surface area (Å²) in [5.74, 6) is -0.364. The highest BCUT2D eigenvalue weighted by molar-refractivity contribution is 5.94. The Morgan fingerprint density at radius 2 is 1.76 bits per heavy atom. The SMILES string of the molecule is CCCCC(C)(C)c1ccc(-c2ccc3cc(C(=O)OC)cnc3c2)cc1CC. The summed E-state index contributed by atoms with van der Waals surface area (Å²) >= 11 is 0. The molecule has 2 aromatic carbocycles. The molecule has 3 rings (SSSR count). The van der Waals surface area contributed by atoms with Gasteiger partial charge in [0.15, 0.2) is 0 Å². The summed E-state index contributed by atoms with van der Waals surface area (Å²) in [7, 11) is 1.38. The summed E-state index contributed by atoms with van der Waals surface area (Å²) < 4.78 is 4.79. The number of ether oxygens (including phenoxy) is 1. The minimum Gasteiger partial charge on any atom is -0.465 e. The van der Waals surface area contributed by atoms with Crippen molar-refractivity contribution >= 4 is 16.9 Å². The van der Waals surface area contributed by atoms with Crippen LogP contribution in [0.1, 0.15) is 68.4 Å². The van der Waals surface area contributed by atoms with Gasteiger partial charge in [0.05, 0.1) is 18.2 Å². The Morgan fingerprint density at radius 3 is 2.45 bits per heavy atom. The third-order valence-corrected chi connectivity index (χ3v) is 5.81. The number of hydrogen-bond acceptors (Lipinski definition) is 3. The Labute approximate surface area is 174 Å². The number of methoxy groups -OCH3 is 1. The molecule has 152 valence electrons. The lowest BCUT2D eigenvalue weighted by molar-refractivity contribution is 0.0600. The van der Waals surface area contributed by atoms with Crippen molar-refractivity contribution in [3.8, 4) is 11.1 Å². The van der Waals surface area contributed by atoms with E-state index in [2.05, 4.69) is 63.0 Å². The highest BCUT2D eigenvalue weighted by atomic mass is 16.5. The van der Waals surface area contributed by atoms with E-state index in [9.17, 15) is 4.79 Å². The van der Waals surface area contributed by atoms with Crippen LogP contribution in [0.25, 0.3) is 22.0 Å². The lowest BCUT2D eigenvalue weighted by atomic mass is 9.77. The molecule has 3 aromatic rings. The normalized spacial score (nSPS) is 11.6. The molecule has 0 bridgehead atoms. The number of rotatable bonds is 7. The van der Waals surface area contributed by atoms with E-state index in [-0.39, 0.29) is 11.4 Å². The van der Waals surface area contributed by atoms with Crippen LogP contribution in [0, 0.1) is 0 Å². The molecule has 0 N–H and O–H groups in total. The van der Waals surface area contributed by atoms with Crippen LogP contribution in [0.15, 0.2) is 48.7 Å². The van der Waals surface area contributed by atoms with Gasteiger partial charge in [0, 0.05) is 11.6 Å². The second kappa shape index (κ2) is 8.77. The molecule has 0 unspecified atom stereocenters. The first-order valence-electron chi connectivity index (χ1n) is 10.5. The zero-order chi connectivity index (χ0) is 21.0. The van der Waals surface area contributed by atoms with Crippen molar-refractivity contribution in [3.05, 3.63) is 65.4 Å². The molecule has 29 heavy (non-hydrogen) atoms. The van der Waals surface area contributed by atoms with Gasteiger partial charge < -0.3 is 4.74 Å². The largest absolute Gasteiger partial charge is 0.465 e. The highest BCUT2D eigenvalue weighted by Crippen LogP contribution is 2.35. The maximum absolute atomic E-state index is 11.7. The van der Waals surface area contributed by atoms with Crippen LogP contribution in [0.2, 0.25) is 0 Å². The van der Waals surface area contributed by atoms with Crippen molar-refractivity contribution in [2.24, 2.45) is 0 Å². The molecule has 0 aliphatic carbocycles. The zero-order valence-corrected chi connectivity index (χ0v) is 18.2. The standard InChI is InChI=1S/C26H31NO2/c1-6-8-13-26(3,4)23-12-11-19(14-18(23)7-2)20-9-10-21-15-22(25(28)29-5)17-27-24(21)16-20/h9-12,14-17H,6-8,13H2,1-5H3. The molecule has 0 aliphatic rings. The summed E-state index contributed by atoms with van der Waals surface area (Å²) in [4.78, 5) is 16.2. The van der Waals surface area contributed by atoms with Crippen molar-refractivity contribution in [3.63, 3.8) is 0 Å². The van der Waals surface area contributed by atoms with Crippen LogP contribution in [0.4, 0.5) is 0 Å². The third-order valence-electron chi connectivity index (χ3n) is 5.81. The molecule has 0 fully saturated rings. The van der Waals surface area contributed by atoms with Gasteiger partial charge >= 0.3 is 5.97 Å². The maximum atomic E-state index is 11.7. The molecule has 0 atom stereocenters. The van der Waals surface area contributed by atoms with Crippen LogP contribution in [-0.2, 0) is 16.6 Å². The van der Waals surface area contributed by atoms with E-state index in [1.165, 1.54) is 43.1 Å². The summed E-state index contributed by atoms with van der Waals surface area (Å²) in [6, 6.07) is 14.9. The van der Waals surface area contributed by atoms with E-state index in [1.807, 2.05) is 12.1 Å². The quantitative estimate of drug-likeness (QED) is 0.421. The van der Waals surface area contributed by atoms with Gasteiger partial charge in [-0.15, -0.1) is 0 Å². The van der Waals surface area contributed by atoms with Crippen molar-refractivity contribution in [1.82, 2.24) is 4.98 Å². The van der Waals surface area contributed by atoms with Crippen LogP contribution in [0.3, 0.4) is 0 Å². The monoisotopic (exact) mass is 389 g/mol. The number of hydrogen-bond donors (Lipinski definition) is 0. The van der Waals surface area contributed by atoms with Gasteiger partial charge in [-0.25, -0.2) is 4.79 Å². The molecule has 0 radical (unpaired) electrons. The van der Waals surface area contributed by atoms with Crippen LogP contribution in [0.5, 0.6) is 0 Å². The van der Waals surface area contributed by atoms with E-state index < -0.39 is 0 Å². The molecule has 1 aromatic heterocycles. The van der Waals surface area contributed by atoms with Gasteiger partial charge in [-0.1, -0.05) is 70.9 Å². The topological polar surface area (TPSA) is 39.2 Å². The van der Waals surface area contributed by atoms with E-state index in [0.29, 0.717) is 5.56 Å². The second-order valence-corrected chi connectivity index (χ2v) is 8.34. The Balaban J connectivity index is 1.97. The molecule has 0 amide bonds. The highest BCUT2D eigenvalue weighted by Gasteiger charge is 2.22. The number of fused-ring (bicyclic) bond motifs is 1. The fourth-order valence-corrected chi connectivity index (χ4v) is 4.01. The van der Waals surface area contributed by atoms with Gasteiger partial charge in [-0.3, -0.25) is 4.98 Å². The van der Waals surface area contributed by atoms with Crippen molar-refractivity contribution < 1.29 is 9.53 Å². The number of benzene rings is 2. The number of nitrogens with zero attached hydrogens (tertiary/aromatic N) is 1. The van der Waals surface area contributed by atoms with Gasteiger partial charge in [-0.2, -0.15) is 0 Å². The number of unbranched alkanes of at least 4 members (excludes halogenated alkanes) is 1. The lowest BCUT2D eigenvalue weighted by Gasteiger charge is -2.28. The number of aromatic nitrogens is 1. The second-order valence-electron chi connectivity index (χ2n) is 8.34. The summed E-state index contributed by atoms with van der Waals surface area (Å²) in [6.07, 6.45) is 6.28. The van der Waals surface area contributed by atoms with E-state index in [0.717, 1.165) is 22.9 Å². The average molecular weight is 390 g/mol. The third kappa shape index (κ3) is 4.50. The van der Waals surface area contributed by atoms with Crippen molar-refractivity contribution in [2.45, 2.75) is 58.8 Å². The first-order chi connectivity index (χ1) is 13.9. The summed E-state index contributed by atoms with van der Waals surface area (Å²) in [5, 5.41) is 0.935. The molecule has 0 saturated carbocycles. The smallest absolute Gasteiger partial charge is 0.339 e. The Morgan fingerprint density at radius 1 is 1.03 bits per heavy atom. The number of esters is 1. The van der Waals surface area contributed by atoms with Gasteiger partial charge in [0.1, 0.15) is 0 Å². The fourth-order valence-electron chi connectivity index (χ4n) is 4.01. The summed E-state index contributed by atoms with van der Waals surface area (Å²) in [6.45, 7) is 9.20. The van der Waals surface area contributed by atoms with Gasteiger partial charge in [0.25, 0.3) is 0 Å². The minimum atomic E-state index is -0.364. The molecule has 0 aliphatic heterocycles. The average Bonchev–Trinajstić information content (AvgIpc) is 2.75. The molecular formula is C26H31NO2. The van der Waals surface area contributed by atoms with Crippen LogP contribution < -0.4 is 0 Å². The molecule has 0 spiro atoms. The maximum Gasteiger partial charge on any atom is 0.339 e. The predicted octanol–water partition coefficient (Wildman–Crippen LogP) is 6.72.